The molecule has 0 amide bonds. The first-order chi connectivity index (χ1) is 8.33. The van der Waals surface area contributed by atoms with Crippen molar-refractivity contribution >= 4 is 12.4 Å². The first kappa shape index (κ1) is 13.9. The fraction of sp³-hybridized carbons (Fsp3) is 0.600. The average Bonchev–Trinajstić information content (AvgIpc) is 3.13. The maximum Gasteiger partial charge on any atom is 0.0145 e. The van der Waals surface area contributed by atoms with Crippen LogP contribution in [0.25, 0.3) is 0 Å². The molecule has 2 nitrogen and oxygen atoms in total. The van der Waals surface area contributed by atoms with E-state index in [-0.39, 0.29) is 12.4 Å². The van der Waals surface area contributed by atoms with Crippen LogP contribution in [0.2, 0.25) is 0 Å². The Balaban J connectivity index is 0.00000120. The van der Waals surface area contributed by atoms with Crippen molar-refractivity contribution in [3.05, 3.63) is 35.9 Å². The Morgan fingerprint density at radius 2 is 1.67 bits per heavy atom. The lowest BCUT2D eigenvalue weighted by Gasteiger charge is -2.27. The first-order valence-corrected chi connectivity index (χ1v) is 6.89. The van der Waals surface area contributed by atoms with Gasteiger partial charge in [-0.15, -0.1) is 12.4 Å². The molecule has 0 heterocycles. The van der Waals surface area contributed by atoms with Gasteiger partial charge in [-0.3, -0.25) is 0 Å². The van der Waals surface area contributed by atoms with Gasteiger partial charge in [-0.25, -0.2) is 0 Å². The standard InChI is InChI=1S/C15H22N2.ClH/c16-12-6-8-13(9-7-12)17-15-10-14(15)11-4-2-1-3-5-11;/h1-5,12-15,17H,6-10,16H2;1H/t12-,13-,14-,15+;/m1./s1. The summed E-state index contributed by atoms with van der Waals surface area (Å²) in [5.41, 5.74) is 7.43. The third-order valence-electron chi connectivity index (χ3n) is 4.24. The molecule has 0 aromatic heterocycles. The van der Waals surface area contributed by atoms with Crippen molar-refractivity contribution in [2.45, 2.75) is 56.1 Å². The SMILES string of the molecule is Cl.N[C@H]1CC[C@H](N[C@H]2C[C@@H]2c2ccccc2)CC1. The summed E-state index contributed by atoms with van der Waals surface area (Å²) < 4.78 is 0. The minimum atomic E-state index is 0. The molecule has 2 aliphatic carbocycles. The molecule has 0 saturated heterocycles. The number of hydrogen-bond acceptors (Lipinski definition) is 2. The highest BCUT2D eigenvalue weighted by Gasteiger charge is 2.39. The van der Waals surface area contributed by atoms with E-state index in [1.54, 1.807) is 0 Å². The van der Waals surface area contributed by atoms with Gasteiger partial charge in [-0.2, -0.15) is 0 Å². The van der Waals surface area contributed by atoms with Gasteiger partial charge in [0.05, 0.1) is 0 Å². The molecule has 0 radical (unpaired) electrons. The number of halogens is 1. The van der Waals surface area contributed by atoms with Crippen molar-refractivity contribution in [3.8, 4) is 0 Å². The molecule has 0 unspecified atom stereocenters. The molecule has 3 N–H and O–H groups in total. The molecule has 100 valence electrons. The summed E-state index contributed by atoms with van der Waals surface area (Å²) in [6.07, 6.45) is 6.23. The summed E-state index contributed by atoms with van der Waals surface area (Å²) >= 11 is 0. The largest absolute Gasteiger partial charge is 0.328 e. The van der Waals surface area contributed by atoms with Crippen LogP contribution < -0.4 is 11.1 Å². The summed E-state index contributed by atoms with van der Waals surface area (Å²) in [4.78, 5) is 0. The lowest BCUT2D eigenvalue weighted by molar-refractivity contribution is 0.339. The third-order valence-corrected chi connectivity index (χ3v) is 4.24. The lowest BCUT2D eigenvalue weighted by Crippen LogP contribution is -2.38. The molecule has 3 heteroatoms. The number of benzene rings is 1. The van der Waals surface area contributed by atoms with Gasteiger partial charge in [-0.1, -0.05) is 30.3 Å². The highest BCUT2D eigenvalue weighted by molar-refractivity contribution is 5.85. The van der Waals surface area contributed by atoms with Crippen molar-refractivity contribution in [2.24, 2.45) is 5.73 Å². The Hall–Kier alpha value is -0.570. The van der Waals surface area contributed by atoms with E-state index in [0.29, 0.717) is 12.1 Å². The van der Waals surface area contributed by atoms with Crippen molar-refractivity contribution < 1.29 is 0 Å². The Morgan fingerprint density at radius 3 is 2.33 bits per heavy atom. The van der Waals surface area contributed by atoms with Gasteiger partial charge in [0.2, 0.25) is 0 Å². The van der Waals surface area contributed by atoms with Gasteiger partial charge in [0.25, 0.3) is 0 Å². The zero-order valence-corrected chi connectivity index (χ0v) is 11.5. The summed E-state index contributed by atoms with van der Waals surface area (Å²) in [7, 11) is 0. The fourth-order valence-electron chi connectivity index (χ4n) is 3.04. The topological polar surface area (TPSA) is 38.0 Å². The van der Waals surface area contributed by atoms with Crippen LogP contribution in [0.5, 0.6) is 0 Å². The van der Waals surface area contributed by atoms with Crippen molar-refractivity contribution in [1.82, 2.24) is 5.32 Å². The molecule has 3 rings (SSSR count). The second kappa shape index (κ2) is 6.05. The third kappa shape index (κ3) is 3.25. The van der Waals surface area contributed by atoms with Crippen LogP contribution in [0.1, 0.15) is 43.6 Å². The molecular formula is C15H23ClN2. The van der Waals surface area contributed by atoms with Gasteiger partial charge in [0.1, 0.15) is 0 Å². The molecule has 1 aromatic rings. The maximum absolute atomic E-state index is 5.93. The lowest BCUT2D eigenvalue weighted by atomic mass is 9.92. The summed E-state index contributed by atoms with van der Waals surface area (Å²) in [6, 6.07) is 12.8. The molecule has 2 atom stereocenters. The number of nitrogens with one attached hydrogen (secondary N) is 1. The minimum absolute atomic E-state index is 0. The average molecular weight is 267 g/mol. The molecule has 0 spiro atoms. The van der Waals surface area contributed by atoms with E-state index in [4.69, 9.17) is 5.73 Å². The van der Waals surface area contributed by atoms with Crippen LogP contribution in [-0.4, -0.2) is 18.1 Å². The zero-order valence-electron chi connectivity index (χ0n) is 10.7. The highest BCUT2D eigenvalue weighted by atomic mass is 35.5. The van der Waals surface area contributed by atoms with Crippen molar-refractivity contribution in [1.29, 1.82) is 0 Å². The highest BCUT2D eigenvalue weighted by Crippen LogP contribution is 2.41. The molecular weight excluding hydrogens is 244 g/mol. The second-order valence-corrected chi connectivity index (χ2v) is 5.64. The predicted molar refractivity (Wildman–Crippen MR) is 78.2 cm³/mol. The van der Waals surface area contributed by atoms with Gasteiger partial charge < -0.3 is 11.1 Å². The number of rotatable bonds is 3. The van der Waals surface area contributed by atoms with Gasteiger partial charge in [0, 0.05) is 24.0 Å². The van der Waals surface area contributed by atoms with E-state index in [0.717, 1.165) is 12.0 Å². The Labute approximate surface area is 116 Å². The van der Waals surface area contributed by atoms with Crippen LogP contribution in [0.4, 0.5) is 0 Å². The summed E-state index contributed by atoms with van der Waals surface area (Å²) in [6.45, 7) is 0. The van der Waals surface area contributed by atoms with E-state index in [9.17, 15) is 0 Å². The van der Waals surface area contributed by atoms with Crippen molar-refractivity contribution in [3.63, 3.8) is 0 Å². The Kier molecular flexibility index (Phi) is 4.66. The molecule has 18 heavy (non-hydrogen) atoms. The van der Waals surface area contributed by atoms with Crippen LogP contribution >= 0.6 is 12.4 Å². The number of hydrogen-bond donors (Lipinski definition) is 2. The van der Waals surface area contributed by atoms with Crippen LogP contribution in [0.3, 0.4) is 0 Å². The molecule has 2 aliphatic rings. The Bertz CT molecular complexity index is 360. The zero-order chi connectivity index (χ0) is 11.7. The van der Waals surface area contributed by atoms with Gasteiger partial charge in [-0.05, 0) is 37.7 Å². The molecule has 0 aliphatic heterocycles. The fourth-order valence-corrected chi connectivity index (χ4v) is 3.04. The van der Waals surface area contributed by atoms with Gasteiger partial charge in [0.15, 0.2) is 0 Å². The van der Waals surface area contributed by atoms with Crippen LogP contribution in [0, 0.1) is 0 Å². The quantitative estimate of drug-likeness (QED) is 0.883. The number of nitrogens with two attached hydrogens (primary N) is 1. The molecule has 0 bridgehead atoms. The smallest absolute Gasteiger partial charge is 0.0145 e. The van der Waals surface area contributed by atoms with E-state index < -0.39 is 0 Å². The minimum Gasteiger partial charge on any atom is -0.328 e. The van der Waals surface area contributed by atoms with E-state index in [1.165, 1.54) is 37.7 Å². The molecule has 2 fully saturated rings. The summed E-state index contributed by atoms with van der Waals surface area (Å²) in [5, 5.41) is 3.81. The molecule has 2 saturated carbocycles. The van der Waals surface area contributed by atoms with Crippen molar-refractivity contribution in [2.75, 3.05) is 0 Å². The van der Waals surface area contributed by atoms with E-state index in [1.807, 2.05) is 0 Å². The monoisotopic (exact) mass is 266 g/mol. The predicted octanol–water partition coefficient (Wildman–Crippen LogP) is 2.82. The molecule has 1 aromatic carbocycles. The Morgan fingerprint density at radius 1 is 1.00 bits per heavy atom. The van der Waals surface area contributed by atoms with E-state index in [2.05, 4.69) is 35.6 Å². The van der Waals surface area contributed by atoms with Gasteiger partial charge >= 0.3 is 0 Å². The summed E-state index contributed by atoms with van der Waals surface area (Å²) in [5.74, 6) is 0.756. The van der Waals surface area contributed by atoms with Crippen LogP contribution in [-0.2, 0) is 0 Å². The maximum atomic E-state index is 5.93. The van der Waals surface area contributed by atoms with E-state index >= 15 is 0 Å². The first-order valence-electron chi connectivity index (χ1n) is 6.89. The second-order valence-electron chi connectivity index (χ2n) is 5.64. The van der Waals surface area contributed by atoms with Crippen LogP contribution in [0.15, 0.2) is 30.3 Å². The normalized spacial score (nSPS) is 34.7.